The van der Waals surface area contributed by atoms with Crippen LogP contribution in [0, 0.1) is 5.92 Å². The van der Waals surface area contributed by atoms with Crippen LogP contribution in [0.25, 0.3) is 0 Å². The molecule has 0 heterocycles. The van der Waals surface area contributed by atoms with Gasteiger partial charge in [0.25, 0.3) is 5.91 Å². The lowest BCUT2D eigenvalue weighted by atomic mass is 9.85. The van der Waals surface area contributed by atoms with Gasteiger partial charge in [-0.3, -0.25) is 4.79 Å². The van der Waals surface area contributed by atoms with Crippen LogP contribution < -0.4 is 0 Å². The number of carbonyl (C=O) groups excluding carboxylic acids is 1. The number of carbonyl (C=O) groups is 1. The van der Waals surface area contributed by atoms with Crippen molar-refractivity contribution in [3.05, 3.63) is 29.8 Å². The van der Waals surface area contributed by atoms with E-state index in [9.17, 15) is 9.90 Å². The number of phenolic OH excluding ortho intramolecular Hbond substituents is 1. The lowest BCUT2D eigenvalue weighted by molar-refractivity contribution is 0.0745. The van der Waals surface area contributed by atoms with Crippen molar-refractivity contribution in [2.45, 2.75) is 19.3 Å². The predicted octanol–water partition coefficient (Wildman–Crippen LogP) is 2.26. The van der Waals surface area contributed by atoms with Crippen molar-refractivity contribution in [1.82, 2.24) is 4.90 Å². The minimum Gasteiger partial charge on any atom is -0.508 e. The van der Waals surface area contributed by atoms with E-state index in [0.29, 0.717) is 11.5 Å². The van der Waals surface area contributed by atoms with E-state index in [0.717, 1.165) is 6.54 Å². The van der Waals surface area contributed by atoms with Gasteiger partial charge < -0.3 is 10.0 Å². The average molecular weight is 219 g/mol. The molecule has 1 fully saturated rings. The van der Waals surface area contributed by atoms with Gasteiger partial charge in [0.1, 0.15) is 5.75 Å². The highest BCUT2D eigenvalue weighted by Gasteiger charge is 2.21. The Morgan fingerprint density at radius 3 is 2.81 bits per heavy atom. The van der Waals surface area contributed by atoms with Crippen LogP contribution in [0.2, 0.25) is 0 Å². The van der Waals surface area contributed by atoms with E-state index < -0.39 is 0 Å². The summed E-state index contributed by atoms with van der Waals surface area (Å²) in [5.74, 6) is 0.803. The van der Waals surface area contributed by atoms with Crippen molar-refractivity contribution in [2.24, 2.45) is 5.92 Å². The zero-order valence-corrected chi connectivity index (χ0v) is 9.52. The molecule has 0 spiro atoms. The molecule has 0 unspecified atom stereocenters. The van der Waals surface area contributed by atoms with Crippen molar-refractivity contribution in [3.63, 3.8) is 0 Å². The molecule has 1 aromatic rings. The van der Waals surface area contributed by atoms with E-state index in [1.165, 1.54) is 25.3 Å². The summed E-state index contributed by atoms with van der Waals surface area (Å²) in [7, 11) is 1.82. The Hall–Kier alpha value is -1.51. The highest BCUT2D eigenvalue weighted by atomic mass is 16.3. The molecular formula is C13H17NO2. The summed E-state index contributed by atoms with van der Waals surface area (Å²) in [6.07, 6.45) is 3.76. The second kappa shape index (κ2) is 4.56. The summed E-state index contributed by atoms with van der Waals surface area (Å²) in [6.45, 7) is 0.828. The van der Waals surface area contributed by atoms with Gasteiger partial charge in [-0.2, -0.15) is 0 Å². The number of hydrogen-bond donors (Lipinski definition) is 1. The second-order valence-electron chi connectivity index (χ2n) is 4.53. The minimum atomic E-state index is -0.0113. The molecule has 3 nitrogen and oxygen atoms in total. The third-order valence-corrected chi connectivity index (χ3v) is 3.20. The number of phenols is 1. The number of rotatable bonds is 3. The Morgan fingerprint density at radius 1 is 1.50 bits per heavy atom. The van der Waals surface area contributed by atoms with Gasteiger partial charge in [-0.05, 0) is 37.0 Å². The lowest BCUT2D eigenvalue weighted by Crippen LogP contribution is -2.34. The van der Waals surface area contributed by atoms with Crippen LogP contribution in [0.5, 0.6) is 5.75 Å². The van der Waals surface area contributed by atoms with Crippen LogP contribution >= 0.6 is 0 Å². The van der Waals surface area contributed by atoms with Crippen molar-refractivity contribution in [2.75, 3.05) is 13.6 Å². The van der Waals surface area contributed by atoms with Crippen LogP contribution in [-0.4, -0.2) is 29.5 Å². The summed E-state index contributed by atoms with van der Waals surface area (Å²) in [5.41, 5.74) is 0.557. The van der Waals surface area contributed by atoms with E-state index >= 15 is 0 Å². The van der Waals surface area contributed by atoms with E-state index in [1.807, 2.05) is 7.05 Å². The number of nitrogens with zero attached hydrogens (tertiary/aromatic N) is 1. The molecule has 1 N–H and O–H groups in total. The van der Waals surface area contributed by atoms with Crippen molar-refractivity contribution in [3.8, 4) is 5.75 Å². The Kier molecular flexibility index (Phi) is 3.13. The average Bonchev–Trinajstić information content (AvgIpc) is 2.22. The Balaban J connectivity index is 2.00. The molecule has 16 heavy (non-hydrogen) atoms. The Morgan fingerprint density at radius 2 is 2.25 bits per heavy atom. The molecule has 1 amide bonds. The van der Waals surface area contributed by atoms with Gasteiger partial charge in [-0.25, -0.2) is 0 Å². The molecule has 3 heteroatoms. The van der Waals surface area contributed by atoms with Gasteiger partial charge in [0.2, 0.25) is 0 Å². The smallest absolute Gasteiger partial charge is 0.253 e. The fourth-order valence-corrected chi connectivity index (χ4v) is 2.00. The number of hydrogen-bond acceptors (Lipinski definition) is 2. The molecule has 1 saturated carbocycles. The molecular weight excluding hydrogens is 202 g/mol. The van der Waals surface area contributed by atoms with Crippen LogP contribution in [0.15, 0.2) is 24.3 Å². The molecule has 1 aromatic carbocycles. The maximum absolute atomic E-state index is 12.0. The third kappa shape index (κ3) is 2.35. The fraction of sp³-hybridized carbons (Fsp3) is 0.462. The van der Waals surface area contributed by atoms with Gasteiger partial charge in [-0.15, -0.1) is 0 Å². The number of amides is 1. The predicted molar refractivity (Wildman–Crippen MR) is 62.4 cm³/mol. The van der Waals surface area contributed by atoms with Crippen molar-refractivity contribution < 1.29 is 9.90 Å². The van der Waals surface area contributed by atoms with Crippen molar-refractivity contribution in [1.29, 1.82) is 0 Å². The summed E-state index contributed by atoms with van der Waals surface area (Å²) >= 11 is 0. The minimum absolute atomic E-state index is 0.0113. The maximum atomic E-state index is 12.0. The summed E-state index contributed by atoms with van der Waals surface area (Å²) in [6, 6.07) is 6.52. The number of benzene rings is 1. The van der Waals surface area contributed by atoms with Gasteiger partial charge in [-0.1, -0.05) is 12.5 Å². The monoisotopic (exact) mass is 219 g/mol. The first kappa shape index (κ1) is 11.0. The Bertz CT molecular complexity index is 385. The third-order valence-electron chi connectivity index (χ3n) is 3.20. The lowest BCUT2D eigenvalue weighted by Gasteiger charge is -2.30. The van der Waals surface area contributed by atoms with Gasteiger partial charge in [0.15, 0.2) is 0 Å². The van der Waals surface area contributed by atoms with Crippen LogP contribution in [0.4, 0.5) is 0 Å². The van der Waals surface area contributed by atoms with Crippen LogP contribution in [0.1, 0.15) is 29.6 Å². The Labute approximate surface area is 95.7 Å². The first-order valence-corrected chi connectivity index (χ1v) is 5.71. The molecule has 1 aliphatic carbocycles. The van der Waals surface area contributed by atoms with Crippen molar-refractivity contribution >= 4 is 5.91 Å². The molecule has 0 radical (unpaired) electrons. The van der Waals surface area contributed by atoms with E-state index in [-0.39, 0.29) is 11.7 Å². The summed E-state index contributed by atoms with van der Waals surface area (Å²) < 4.78 is 0. The molecule has 1 aliphatic rings. The highest BCUT2D eigenvalue weighted by molar-refractivity contribution is 5.94. The molecule has 0 bridgehead atoms. The highest BCUT2D eigenvalue weighted by Crippen LogP contribution is 2.27. The van der Waals surface area contributed by atoms with Crippen LogP contribution in [0.3, 0.4) is 0 Å². The molecule has 86 valence electrons. The molecule has 0 aliphatic heterocycles. The molecule has 0 atom stereocenters. The van der Waals surface area contributed by atoms with Gasteiger partial charge >= 0.3 is 0 Å². The SMILES string of the molecule is CN(CC1CCC1)C(=O)c1cccc(O)c1. The standard InChI is InChI=1S/C13H17NO2/c1-14(9-10-4-2-5-10)13(16)11-6-3-7-12(15)8-11/h3,6-8,10,15H,2,4-5,9H2,1H3. The van der Waals surface area contributed by atoms with E-state index in [2.05, 4.69) is 0 Å². The first-order valence-electron chi connectivity index (χ1n) is 5.71. The van der Waals surface area contributed by atoms with E-state index in [1.54, 1.807) is 23.1 Å². The van der Waals surface area contributed by atoms with Gasteiger partial charge in [0.05, 0.1) is 0 Å². The van der Waals surface area contributed by atoms with Crippen LogP contribution in [-0.2, 0) is 0 Å². The first-order chi connectivity index (χ1) is 7.66. The topological polar surface area (TPSA) is 40.5 Å². The quantitative estimate of drug-likeness (QED) is 0.847. The zero-order chi connectivity index (χ0) is 11.5. The molecule has 0 saturated heterocycles. The summed E-state index contributed by atoms with van der Waals surface area (Å²) in [4.78, 5) is 13.7. The van der Waals surface area contributed by atoms with Gasteiger partial charge in [0, 0.05) is 19.2 Å². The molecule has 0 aromatic heterocycles. The zero-order valence-electron chi connectivity index (χ0n) is 9.52. The number of aromatic hydroxyl groups is 1. The molecule has 2 rings (SSSR count). The largest absolute Gasteiger partial charge is 0.508 e. The second-order valence-corrected chi connectivity index (χ2v) is 4.53. The fourth-order valence-electron chi connectivity index (χ4n) is 2.00. The normalized spacial score (nSPS) is 15.6. The summed E-state index contributed by atoms with van der Waals surface area (Å²) in [5, 5.41) is 9.31. The maximum Gasteiger partial charge on any atom is 0.253 e. The van der Waals surface area contributed by atoms with E-state index in [4.69, 9.17) is 0 Å².